The number of allylic oxidation sites excluding steroid dienone is 1. The van der Waals surface area contributed by atoms with E-state index in [2.05, 4.69) is 30.9 Å². The number of hydrogen-bond donors (Lipinski definition) is 4. The van der Waals surface area contributed by atoms with Crippen LogP contribution in [0.3, 0.4) is 0 Å². The van der Waals surface area contributed by atoms with Crippen molar-refractivity contribution in [2.24, 2.45) is 16.6 Å². The number of amides is 1. The highest BCUT2D eigenvalue weighted by atomic mass is 35.5. The largest absolute Gasteiger partial charge is 0.353 e. The number of aliphatic imine (C=N–C) groups is 1. The molecule has 0 radical (unpaired) electrons. The van der Waals surface area contributed by atoms with Crippen molar-refractivity contribution in [3.63, 3.8) is 0 Å². The van der Waals surface area contributed by atoms with E-state index < -0.39 is 11.5 Å². The molecule has 0 spiro atoms. The summed E-state index contributed by atoms with van der Waals surface area (Å²) >= 11 is 6.13. The monoisotopic (exact) mass is 419 g/mol. The lowest BCUT2D eigenvalue weighted by atomic mass is 9.86. The van der Waals surface area contributed by atoms with E-state index in [4.69, 9.17) is 17.3 Å². The summed E-state index contributed by atoms with van der Waals surface area (Å²) in [6.45, 7) is 1.48. The fourth-order valence-electron chi connectivity index (χ4n) is 4.10. The lowest BCUT2D eigenvalue weighted by molar-refractivity contribution is -0.119. The van der Waals surface area contributed by atoms with Gasteiger partial charge in [0.2, 0.25) is 5.91 Å². The number of fused-ring (bicyclic) bond motifs is 1. The fraction of sp³-hybridized carbons (Fsp3) is 0.474. The molecule has 1 aromatic rings. The molecule has 3 atom stereocenters. The van der Waals surface area contributed by atoms with Crippen molar-refractivity contribution in [3.05, 3.63) is 35.3 Å². The molecule has 154 valence electrons. The van der Waals surface area contributed by atoms with Crippen LogP contribution in [0.25, 0.3) is 5.57 Å². The Bertz CT molecular complexity index is 931. The summed E-state index contributed by atoms with van der Waals surface area (Å²) in [7, 11) is 0. The molecule has 1 fully saturated rings. The van der Waals surface area contributed by atoms with Crippen LogP contribution in [0.1, 0.15) is 44.9 Å². The van der Waals surface area contributed by atoms with Crippen LogP contribution in [0.5, 0.6) is 0 Å². The van der Waals surface area contributed by atoms with E-state index in [9.17, 15) is 9.18 Å². The Hall–Kier alpha value is -2.52. The smallest absolute Gasteiger partial charge is 0.217 e. The van der Waals surface area contributed by atoms with Gasteiger partial charge in [-0.05, 0) is 25.7 Å². The van der Waals surface area contributed by atoms with Gasteiger partial charge < -0.3 is 21.7 Å². The summed E-state index contributed by atoms with van der Waals surface area (Å²) in [5.74, 6) is 0.435. The van der Waals surface area contributed by atoms with Gasteiger partial charge in [0.25, 0.3) is 0 Å². The molecule has 1 amide bonds. The van der Waals surface area contributed by atoms with Crippen LogP contribution in [0, 0.1) is 11.7 Å². The Morgan fingerprint density at radius 1 is 1.48 bits per heavy atom. The minimum atomic E-state index is -0.871. The first kappa shape index (κ1) is 19.8. The quantitative estimate of drug-likeness (QED) is 0.556. The zero-order valence-electron chi connectivity index (χ0n) is 16.0. The number of nitrogens with zero attached hydrogens (tertiary/aromatic N) is 3. The van der Waals surface area contributed by atoms with Gasteiger partial charge >= 0.3 is 0 Å². The number of nitrogens with two attached hydrogens (primary N) is 1. The molecule has 29 heavy (non-hydrogen) atoms. The summed E-state index contributed by atoms with van der Waals surface area (Å²) in [6.07, 6.45) is 7.89. The maximum Gasteiger partial charge on any atom is 0.217 e. The first-order chi connectivity index (χ1) is 13.8. The zero-order chi connectivity index (χ0) is 20.6. The SMILES string of the molecule is CC(=O)N[C@@H]1CCC[C@](N)(Nc2nc(C3=CNC4=NC=C(Cl)CC34)ncc2F)C1. The van der Waals surface area contributed by atoms with Crippen LogP contribution < -0.4 is 21.7 Å². The van der Waals surface area contributed by atoms with Crippen molar-refractivity contribution in [1.29, 1.82) is 0 Å². The normalized spacial score (nSPS) is 28.5. The number of carbonyl (C=O) groups excluding carboxylic acids is 1. The molecular weight excluding hydrogens is 397 g/mol. The Labute approximate surface area is 172 Å². The van der Waals surface area contributed by atoms with Crippen molar-refractivity contribution in [1.82, 2.24) is 20.6 Å². The lowest BCUT2D eigenvalue weighted by Gasteiger charge is -2.39. The van der Waals surface area contributed by atoms with Crippen LogP contribution in [0.4, 0.5) is 10.2 Å². The first-order valence-electron chi connectivity index (χ1n) is 9.59. The van der Waals surface area contributed by atoms with Crippen LogP contribution in [-0.2, 0) is 4.79 Å². The molecule has 2 aliphatic heterocycles. The Kier molecular flexibility index (Phi) is 5.26. The lowest BCUT2D eigenvalue weighted by Crippen LogP contribution is -2.55. The molecule has 1 saturated carbocycles. The number of amidine groups is 1. The number of rotatable bonds is 4. The number of anilines is 1. The molecule has 1 aromatic heterocycles. The summed E-state index contributed by atoms with van der Waals surface area (Å²) in [5.41, 5.74) is 6.42. The molecule has 1 unspecified atom stereocenters. The van der Waals surface area contributed by atoms with E-state index in [0.717, 1.165) is 30.4 Å². The third-order valence-electron chi connectivity index (χ3n) is 5.39. The maximum absolute atomic E-state index is 14.5. The summed E-state index contributed by atoms with van der Waals surface area (Å²) in [4.78, 5) is 24.2. The number of halogens is 2. The van der Waals surface area contributed by atoms with Gasteiger partial charge in [0.15, 0.2) is 17.5 Å². The van der Waals surface area contributed by atoms with Crippen LogP contribution in [0.15, 0.2) is 28.6 Å². The van der Waals surface area contributed by atoms with Gasteiger partial charge in [-0.15, -0.1) is 0 Å². The molecule has 10 heteroatoms. The predicted molar refractivity (Wildman–Crippen MR) is 109 cm³/mol. The molecule has 0 saturated heterocycles. The third kappa shape index (κ3) is 4.25. The number of hydrogen-bond acceptors (Lipinski definition) is 7. The second-order valence-electron chi connectivity index (χ2n) is 7.76. The molecule has 1 aliphatic carbocycles. The maximum atomic E-state index is 14.5. The highest BCUT2D eigenvalue weighted by molar-refractivity contribution is 6.30. The van der Waals surface area contributed by atoms with E-state index in [0.29, 0.717) is 30.1 Å². The standard InChI is InChI=1S/C19H23ClFN7O/c1-10(29)26-12-3-2-4-19(22,6-12)28-18-15(21)9-25-17(27-18)14-8-24-16-13(14)5-11(20)7-23-16/h7-9,12-13H,2-6,22H2,1H3,(H,23,24)(H,26,29)(H,25,27,28)/t12-,13?,19+/m1/s1. The van der Waals surface area contributed by atoms with Crippen LogP contribution in [0.2, 0.25) is 0 Å². The van der Waals surface area contributed by atoms with Crippen molar-refractivity contribution >= 4 is 34.7 Å². The molecule has 4 rings (SSSR count). The van der Waals surface area contributed by atoms with Gasteiger partial charge in [-0.2, -0.15) is 0 Å². The number of aromatic nitrogens is 2. The van der Waals surface area contributed by atoms with Crippen LogP contribution in [-0.4, -0.2) is 33.4 Å². The zero-order valence-corrected chi connectivity index (χ0v) is 16.8. The molecule has 3 aliphatic rings. The summed E-state index contributed by atoms with van der Waals surface area (Å²) in [6, 6.07) is -0.0557. The third-order valence-corrected chi connectivity index (χ3v) is 5.64. The average molecular weight is 420 g/mol. The highest BCUT2D eigenvalue weighted by Crippen LogP contribution is 2.35. The van der Waals surface area contributed by atoms with Gasteiger partial charge in [-0.3, -0.25) is 4.79 Å². The topological polar surface area (TPSA) is 117 Å². The minimum Gasteiger partial charge on any atom is -0.353 e. The van der Waals surface area contributed by atoms with E-state index >= 15 is 0 Å². The first-order valence-corrected chi connectivity index (χ1v) is 9.97. The minimum absolute atomic E-state index is 0.0460. The van der Waals surface area contributed by atoms with Crippen molar-refractivity contribution in [2.45, 2.75) is 50.7 Å². The second-order valence-corrected chi connectivity index (χ2v) is 8.24. The average Bonchev–Trinajstić information content (AvgIpc) is 3.06. The van der Waals surface area contributed by atoms with Gasteiger partial charge in [0, 0.05) is 42.4 Å². The number of nitrogens with one attached hydrogen (secondary N) is 3. The van der Waals surface area contributed by atoms with Crippen molar-refractivity contribution in [2.75, 3.05) is 5.32 Å². The molecule has 3 heterocycles. The highest BCUT2D eigenvalue weighted by Gasteiger charge is 2.35. The van der Waals surface area contributed by atoms with Gasteiger partial charge in [-0.1, -0.05) is 11.6 Å². The van der Waals surface area contributed by atoms with Gasteiger partial charge in [0.05, 0.1) is 17.8 Å². The molecule has 0 aromatic carbocycles. The van der Waals surface area contributed by atoms with E-state index in [1.807, 2.05) is 0 Å². The summed E-state index contributed by atoms with van der Waals surface area (Å²) in [5, 5.41) is 9.69. The second kappa shape index (κ2) is 7.72. The molecule has 0 bridgehead atoms. The van der Waals surface area contributed by atoms with Crippen molar-refractivity contribution < 1.29 is 9.18 Å². The van der Waals surface area contributed by atoms with Gasteiger partial charge in [-0.25, -0.2) is 19.4 Å². The van der Waals surface area contributed by atoms with Crippen LogP contribution >= 0.6 is 11.6 Å². The van der Waals surface area contributed by atoms with E-state index in [-0.39, 0.29) is 23.7 Å². The fourth-order valence-corrected chi connectivity index (χ4v) is 4.31. The van der Waals surface area contributed by atoms with Crippen molar-refractivity contribution in [3.8, 4) is 0 Å². The van der Waals surface area contributed by atoms with E-state index in [1.165, 1.54) is 6.92 Å². The Balaban J connectivity index is 1.54. The van der Waals surface area contributed by atoms with E-state index in [1.54, 1.807) is 12.4 Å². The predicted octanol–water partition coefficient (Wildman–Crippen LogP) is 2.20. The Morgan fingerprint density at radius 3 is 3.10 bits per heavy atom. The molecule has 8 nitrogen and oxygen atoms in total. The molecular formula is C19H23ClFN7O. The molecule has 5 N–H and O–H groups in total. The summed E-state index contributed by atoms with van der Waals surface area (Å²) < 4.78 is 14.5. The Morgan fingerprint density at radius 2 is 2.31 bits per heavy atom. The van der Waals surface area contributed by atoms with Gasteiger partial charge in [0.1, 0.15) is 5.84 Å². The number of carbonyl (C=O) groups is 1.